The monoisotopic (exact) mass is 397 g/mol. The molecule has 0 spiro atoms. The maximum Gasteiger partial charge on any atom is 0.309 e. The first-order valence-electron chi connectivity index (χ1n) is 9.98. The number of carbonyl (C=O) groups is 2. The summed E-state index contributed by atoms with van der Waals surface area (Å²) < 4.78 is 10.7. The van der Waals surface area contributed by atoms with Crippen LogP contribution in [-0.4, -0.2) is 25.1 Å². The average Bonchev–Trinajstić information content (AvgIpc) is 2.67. The Labute approximate surface area is 173 Å². The average molecular weight is 398 g/mol. The summed E-state index contributed by atoms with van der Waals surface area (Å²) in [6, 6.07) is 13.7. The molecule has 0 aliphatic carbocycles. The van der Waals surface area contributed by atoms with Gasteiger partial charge in [0.05, 0.1) is 13.0 Å². The number of benzene rings is 2. The first-order chi connectivity index (χ1) is 13.7. The third kappa shape index (κ3) is 6.93. The van der Waals surface area contributed by atoms with Crippen LogP contribution in [0.25, 0.3) is 0 Å². The van der Waals surface area contributed by atoms with Crippen LogP contribution in [0.1, 0.15) is 50.8 Å². The lowest BCUT2D eigenvalue weighted by Gasteiger charge is -2.19. The second-order valence-corrected chi connectivity index (χ2v) is 8.04. The molecule has 0 radical (unpaired) electrons. The van der Waals surface area contributed by atoms with E-state index in [0.717, 1.165) is 23.2 Å². The predicted molar refractivity (Wildman–Crippen MR) is 115 cm³/mol. The first-order valence-corrected chi connectivity index (χ1v) is 9.98. The maximum absolute atomic E-state index is 12.1. The fourth-order valence-corrected chi connectivity index (χ4v) is 2.90. The SMILES string of the molecule is CCc1cccc(C)c1NC(=O)COC(=O)CCOc1ccc(C(C)(C)C)cc1. The minimum atomic E-state index is -0.466. The van der Waals surface area contributed by atoms with Crippen molar-refractivity contribution in [2.75, 3.05) is 18.5 Å². The molecule has 0 unspecified atom stereocenters. The van der Waals surface area contributed by atoms with Crippen molar-refractivity contribution in [1.82, 2.24) is 0 Å². The molecule has 0 aliphatic heterocycles. The number of ether oxygens (including phenoxy) is 2. The summed E-state index contributed by atoms with van der Waals surface area (Å²) >= 11 is 0. The third-order valence-corrected chi connectivity index (χ3v) is 4.66. The molecule has 1 amide bonds. The van der Waals surface area contributed by atoms with Gasteiger partial charge in [0.1, 0.15) is 5.75 Å². The molecule has 0 heterocycles. The summed E-state index contributed by atoms with van der Waals surface area (Å²) in [7, 11) is 0. The van der Waals surface area contributed by atoms with E-state index in [2.05, 4.69) is 26.1 Å². The van der Waals surface area contributed by atoms with Crippen LogP contribution in [0, 0.1) is 6.92 Å². The molecular formula is C24H31NO4. The molecule has 2 rings (SSSR count). The van der Waals surface area contributed by atoms with E-state index in [1.54, 1.807) is 0 Å². The lowest BCUT2D eigenvalue weighted by Crippen LogP contribution is -2.22. The quantitative estimate of drug-likeness (QED) is 0.650. The number of para-hydroxylation sites is 1. The van der Waals surface area contributed by atoms with Crippen molar-refractivity contribution in [2.45, 2.75) is 52.9 Å². The highest BCUT2D eigenvalue weighted by Gasteiger charge is 2.14. The molecule has 0 atom stereocenters. The summed E-state index contributed by atoms with van der Waals surface area (Å²) in [4.78, 5) is 24.0. The van der Waals surface area contributed by atoms with E-state index in [0.29, 0.717) is 5.75 Å². The minimum absolute atomic E-state index is 0.0822. The molecular weight excluding hydrogens is 366 g/mol. The van der Waals surface area contributed by atoms with Gasteiger partial charge in [-0.2, -0.15) is 0 Å². The summed E-state index contributed by atoms with van der Waals surface area (Å²) in [6.45, 7) is 10.3. The van der Waals surface area contributed by atoms with Crippen LogP contribution in [-0.2, 0) is 26.2 Å². The third-order valence-electron chi connectivity index (χ3n) is 4.66. The van der Waals surface area contributed by atoms with E-state index >= 15 is 0 Å². The Kier molecular flexibility index (Phi) is 7.82. The van der Waals surface area contributed by atoms with E-state index in [1.165, 1.54) is 5.56 Å². The number of amides is 1. The molecule has 0 aromatic heterocycles. The Morgan fingerprint density at radius 1 is 1.03 bits per heavy atom. The molecule has 0 fully saturated rings. The molecule has 0 saturated carbocycles. The summed E-state index contributed by atoms with van der Waals surface area (Å²) in [5.74, 6) is -0.108. The van der Waals surface area contributed by atoms with Gasteiger partial charge >= 0.3 is 5.97 Å². The van der Waals surface area contributed by atoms with Crippen LogP contribution in [0.3, 0.4) is 0 Å². The summed E-state index contributed by atoms with van der Waals surface area (Å²) in [5.41, 5.74) is 4.12. The number of nitrogens with one attached hydrogen (secondary N) is 1. The van der Waals surface area contributed by atoms with Gasteiger partial charge in [-0.15, -0.1) is 0 Å². The molecule has 0 saturated heterocycles. The highest BCUT2D eigenvalue weighted by molar-refractivity contribution is 5.94. The normalized spacial score (nSPS) is 11.1. The van der Waals surface area contributed by atoms with Crippen molar-refractivity contribution < 1.29 is 19.1 Å². The number of hydrogen-bond donors (Lipinski definition) is 1. The fourth-order valence-electron chi connectivity index (χ4n) is 2.90. The van der Waals surface area contributed by atoms with E-state index < -0.39 is 5.97 Å². The lowest BCUT2D eigenvalue weighted by molar-refractivity contribution is -0.147. The van der Waals surface area contributed by atoms with Crippen LogP contribution in [0.2, 0.25) is 0 Å². The van der Waals surface area contributed by atoms with E-state index in [-0.39, 0.29) is 31.0 Å². The molecule has 2 aromatic rings. The van der Waals surface area contributed by atoms with Crippen LogP contribution < -0.4 is 10.1 Å². The number of anilines is 1. The van der Waals surface area contributed by atoms with Crippen molar-refractivity contribution in [3.8, 4) is 5.75 Å². The van der Waals surface area contributed by atoms with E-state index in [4.69, 9.17) is 9.47 Å². The van der Waals surface area contributed by atoms with Gasteiger partial charge in [0.15, 0.2) is 6.61 Å². The van der Waals surface area contributed by atoms with Gasteiger partial charge in [-0.3, -0.25) is 9.59 Å². The van der Waals surface area contributed by atoms with Gasteiger partial charge in [-0.25, -0.2) is 0 Å². The van der Waals surface area contributed by atoms with Gasteiger partial charge in [0.25, 0.3) is 5.91 Å². The zero-order valence-electron chi connectivity index (χ0n) is 18.0. The largest absolute Gasteiger partial charge is 0.493 e. The zero-order chi connectivity index (χ0) is 21.4. The van der Waals surface area contributed by atoms with Crippen LogP contribution in [0.4, 0.5) is 5.69 Å². The van der Waals surface area contributed by atoms with Gasteiger partial charge in [0.2, 0.25) is 0 Å². The predicted octanol–water partition coefficient (Wildman–Crippen LogP) is 4.81. The molecule has 156 valence electrons. The Balaban J connectivity index is 1.74. The van der Waals surface area contributed by atoms with Crippen LogP contribution in [0.15, 0.2) is 42.5 Å². The summed E-state index contributed by atoms with van der Waals surface area (Å²) in [6.07, 6.45) is 0.893. The fraction of sp³-hybridized carbons (Fsp3) is 0.417. The van der Waals surface area contributed by atoms with Crippen LogP contribution >= 0.6 is 0 Å². The number of carbonyl (C=O) groups excluding carboxylic acids is 2. The molecule has 5 nitrogen and oxygen atoms in total. The second-order valence-electron chi connectivity index (χ2n) is 8.04. The summed E-state index contributed by atoms with van der Waals surface area (Å²) in [5, 5.41) is 2.84. The highest BCUT2D eigenvalue weighted by Crippen LogP contribution is 2.24. The number of rotatable bonds is 8. The molecule has 5 heteroatoms. The standard InChI is InChI=1S/C24H31NO4/c1-6-18-9-7-8-17(2)23(18)25-21(26)16-29-22(27)14-15-28-20-12-10-19(11-13-20)24(3,4)5/h7-13H,6,14-16H2,1-5H3,(H,25,26). The van der Waals surface area contributed by atoms with Gasteiger partial charge in [-0.1, -0.05) is 58.0 Å². The second kappa shape index (κ2) is 10.1. The first kappa shape index (κ1) is 22.5. The molecule has 0 bridgehead atoms. The zero-order valence-corrected chi connectivity index (χ0v) is 18.0. The van der Waals surface area contributed by atoms with E-state index in [9.17, 15) is 9.59 Å². The molecule has 1 N–H and O–H groups in total. The minimum Gasteiger partial charge on any atom is -0.493 e. The van der Waals surface area contributed by atoms with Crippen molar-refractivity contribution in [2.24, 2.45) is 0 Å². The Morgan fingerprint density at radius 3 is 2.34 bits per heavy atom. The van der Waals surface area contributed by atoms with Crippen LogP contribution in [0.5, 0.6) is 5.75 Å². The van der Waals surface area contributed by atoms with Crippen molar-refractivity contribution in [1.29, 1.82) is 0 Å². The Hall–Kier alpha value is -2.82. The van der Waals surface area contributed by atoms with Crippen molar-refractivity contribution in [3.63, 3.8) is 0 Å². The molecule has 0 aliphatic rings. The smallest absolute Gasteiger partial charge is 0.309 e. The molecule has 29 heavy (non-hydrogen) atoms. The van der Waals surface area contributed by atoms with Gasteiger partial charge in [-0.05, 0) is 47.6 Å². The highest BCUT2D eigenvalue weighted by atomic mass is 16.5. The number of hydrogen-bond acceptors (Lipinski definition) is 4. The molecule has 2 aromatic carbocycles. The maximum atomic E-state index is 12.1. The number of esters is 1. The van der Waals surface area contributed by atoms with Gasteiger partial charge < -0.3 is 14.8 Å². The Bertz CT molecular complexity index is 835. The Morgan fingerprint density at radius 2 is 1.72 bits per heavy atom. The lowest BCUT2D eigenvalue weighted by atomic mass is 9.87. The van der Waals surface area contributed by atoms with E-state index in [1.807, 2.05) is 56.3 Å². The number of aryl methyl sites for hydroxylation is 2. The topological polar surface area (TPSA) is 64.6 Å². The van der Waals surface area contributed by atoms with Crippen molar-refractivity contribution >= 4 is 17.6 Å². The van der Waals surface area contributed by atoms with Crippen molar-refractivity contribution in [3.05, 3.63) is 59.2 Å². The van der Waals surface area contributed by atoms with Gasteiger partial charge in [0, 0.05) is 5.69 Å².